The molecular formula is C15H19NO4S. The molecule has 0 fully saturated rings. The number of carbonyl (C=O) groups excluding carboxylic acids is 1. The maximum Gasteiger partial charge on any atom is 0.326 e. The Balaban J connectivity index is 2.06. The molecule has 2 rings (SSSR count). The second-order valence-electron chi connectivity index (χ2n) is 4.89. The summed E-state index contributed by atoms with van der Waals surface area (Å²) in [6, 6.07) is 6.92. The van der Waals surface area contributed by atoms with Gasteiger partial charge < -0.3 is 14.7 Å². The van der Waals surface area contributed by atoms with Crippen LogP contribution in [0, 0.1) is 0 Å². The molecule has 1 amide bonds. The zero-order chi connectivity index (χ0) is 15.2. The van der Waals surface area contributed by atoms with Gasteiger partial charge in [0.1, 0.15) is 6.04 Å². The van der Waals surface area contributed by atoms with Gasteiger partial charge in [0.25, 0.3) is 0 Å². The van der Waals surface area contributed by atoms with E-state index in [1.54, 1.807) is 7.11 Å². The van der Waals surface area contributed by atoms with Crippen LogP contribution in [0.15, 0.2) is 24.3 Å². The number of hydrogen-bond acceptors (Lipinski definition) is 4. The maximum atomic E-state index is 12.3. The first-order valence-corrected chi connectivity index (χ1v) is 7.94. The molecule has 0 saturated carbocycles. The van der Waals surface area contributed by atoms with Gasteiger partial charge in [-0.1, -0.05) is 24.3 Å². The van der Waals surface area contributed by atoms with Crippen molar-refractivity contribution in [3.8, 4) is 0 Å². The Labute approximate surface area is 128 Å². The van der Waals surface area contributed by atoms with E-state index in [1.165, 1.54) is 16.7 Å². The van der Waals surface area contributed by atoms with Gasteiger partial charge in [-0.2, -0.15) is 0 Å². The molecular weight excluding hydrogens is 290 g/mol. The molecule has 0 spiro atoms. The zero-order valence-electron chi connectivity index (χ0n) is 11.9. The van der Waals surface area contributed by atoms with E-state index in [0.29, 0.717) is 19.6 Å². The molecule has 1 N–H and O–H groups in total. The average Bonchev–Trinajstić information content (AvgIpc) is 2.50. The Morgan fingerprint density at radius 1 is 1.38 bits per heavy atom. The summed E-state index contributed by atoms with van der Waals surface area (Å²) < 4.78 is 4.94. The van der Waals surface area contributed by atoms with Crippen LogP contribution < -0.4 is 0 Å². The highest BCUT2D eigenvalue weighted by molar-refractivity contribution is 7.99. The minimum absolute atomic E-state index is 0.127. The number of nitrogens with zero attached hydrogens (tertiary/aromatic N) is 1. The second-order valence-corrected chi connectivity index (χ2v) is 6.00. The normalized spacial score (nSPS) is 17.4. The molecule has 0 aliphatic carbocycles. The lowest BCUT2D eigenvalue weighted by Crippen LogP contribution is -2.49. The van der Waals surface area contributed by atoms with Crippen molar-refractivity contribution in [1.82, 2.24) is 4.90 Å². The Morgan fingerprint density at radius 2 is 2.10 bits per heavy atom. The van der Waals surface area contributed by atoms with E-state index in [1.807, 2.05) is 24.3 Å². The number of aliphatic carboxylic acids is 1. The fourth-order valence-corrected chi connectivity index (χ4v) is 3.16. The van der Waals surface area contributed by atoms with Crippen molar-refractivity contribution in [2.24, 2.45) is 0 Å². The molecule has 0 bridgehead atoms. The quantitative estimate of drug-likeness (QED) is 0.805. The molecule has 1 aliphatic rings. The number of rotatable bonds is 6. The van der Waals surface area contributed by atoms with Crippen LogP contribution in [0.25, 0.3) is 0 Å². The van der Waals surface area contributed by atoms with Gasteiger partial charge >= 0.3 is 5.97 Å². The number of fused-ring (bicyclic) bond motifs is 1. The van der Waals surface area contributed by atoms with E-state index < -0.39 is 12.0 Å². The number of thioether (sulfide) groups is 1. The second kappa shape index (κ2) is 7.47. The molecule has 1 aromatic rings. The molecule has 21 heavy (non-hydrogen) atoms. The highest BCUT2D eigenvalue weighted by atomic mass is 32.2. The highest BCUT2D eigenvalue weighted by Crippen LogP contribution is 2.24. The maximum absolute atomic E-state index is 12.3. The van der Waals surface area contributed by atoms with Gasteiger partial charge in [0.15, 0.2) is 0 Å². The molecule has 0 radical (unpaired) electrons. The minimum atomic E-state index is -0.945. The van der Waals surface area contributed by atoms with Gasteiger partial charge in [0, 0.05) is 25.8 Å². The van der Waals surface area contributed by atoms with E-state index in [2.05, 4.69) is 0 Å². The molecule has 114 valence electrons. The van der Waals surface area contributed by atoms with Crippen LogP contribution >= 0.6 is 11.8 Å². The van der Waals surface area contributed by atoms with Crippen LogP contribution in [-0.2, 0) is 27.3 Å². The van der Waals surface area contributed by atoms with Gasteiger partial charge in [-0.25, -0.2) is 4.79 Å². The predicted octanol–water partition coefficient (Wildman–Crippen LogP) is 1.40. The molecule has 1 heterocycles. The van der Waals surface area contributed by atoms with Crippen LogP contribution in [0.3, 0.4) is 0 Å². The van der Waals surface area contributed by atoms with Crippen LogP contribution in [0.4, 0.5) is 0 Å². The van der Waals surface area contributed by atoms with Gasteiger partial charge in [-0.3, -0.25) is 4.79 Å². The van der Waals surface area contributed by atoms with E-state index in [4.69, 9.17) is 4.74 Å². The van der Waals surface area contributed by atoms with Crippen molar-refractivity contribution in [3.05, 3.63) is 35.4 Å². The number of benzene rings is 1. The van der Waals surface area contributed by atoms with Crippen molar-refractivity contribution in [1.29, 1.82) is 0 Å². The van der Waals surface area contributed by atoms with Gasteiger partial charge in [-0.05, 0) is 11.1 Å². The summed E-state index contributed by atoms with van der Waals surface area (Å²) in [5, 5.41) is 9.37. The minimum Gasteiger partial charge on any atom is -0.480 e. The average molecular weight is 309 g/mol. The third-order valence-corrected chi connectivity index (χ3v) is 4.42. The lowest BCUT2D eigenvalue weighted by molar-refractivity contribution is -0.150. The summed E-state index contributed by atoms with van der Waals surface area (Å²) in [7, 11) is 1.62. The lowest BCUT2D eigenvalue weighted by atomic mass is 9.94. The number of hydrogen-bond donors (Lipinski definition) is 1. The monoisotopic (exact) mass is 309 g/mol. The van der Waals surface area contributed by atoms with Crippen molar-refractivity contribution in [2.45, 2.75) is 19.0 Å². The van der Waals surface area contributed by atoms with Gasteiger partial charge in [0.2, 0.25) is 5.91 Å². The molecule has 0 aromatic heterocycles. The number of carboxylic acid groups (broad SMARTS) is 1. The SMILES string of the molecule is COCCSCC(=O)N1Cc2ccccc2CC1C(=O)O. The summed E-state index contributed by atoms with van der Waals surface area (Å²) in [4.78, 5) is 25.2. The van der Waals surface area contributed by atoms with Crippen molar-refractivity contribution < 1.29 is 19.4 Å². The van der Waals surface area contributed by atoms with Gasteiger partial charge in [0.05, 0.1) is 12.4 Å². The van der Waals surface area contributed by atoms with Crippen LogP contribution in [-0.4, -0.2) is 53.1 Å². The molecule has 1 atom stereocenters. The number of methoxy groups -OCH3 is 1. The number of amides is 1. The first kappa shape index (κ1) is 15.9. The topological polar surface area (TPSA) is 66.8 Å². The Bertz CT molecular complexity index is 520. The highest BCUT2D eigenvalue weighted by Gasteiger charge is 2.34. The third-order valence-electron chi connectivity index (χ3n) is 3.51. The van der Waals surface area contributed by atoms with Crippen molar-refractivity contribution >= 4 is 23.6 Å². The zero-order valence-corrected chi connectivity index (χ0v) is 12.8. The number of ether oxygens (including phenoxy) is 1. The predicted molar refractivity (Wildman–Crippen MR) is 81.3 cm³/mol. The Kier molecular flexibility index (Phi) is 5.64. The summed E-state index contributed by atoms with van der Waals surface area (Å²) in [6.45, 7) is 0.958. The fourth-order valence-electron chi connectivity index (χ4n) is 2.39. The summed E-state index contributed by atoms with van der Waals surface area (Å²) >= 11 is 1.47. The van der Waals surface area contributed by atoms with Gasteiger partial charge in [-0.15, -0.1) is 11.8 Å². The molecule has 1 unspecified atom stereocenters. The lowest BCUT2D eigenvalue weighted by Gasteiger charge is -2.34. The first-order valence-electron chi connectivity index (χ1n) is 6.79. The smallest absolute Gasteiger partial charge is 0.326 e. The number of carbonyl (C=O) groups is 2. The molecule has 1 aliphatic heterocycles. The Morgan fingerprint density at radius 3 is 2.76 bits per heavy atom. The molecule has 1 aromatic carbocycles. The molecule has 0 saturated heterocycles. The fraction of sp³-hybridized carbons (Fsp3) is 0.467. The largest absolute Gasteiger partial charge is 0.480 e. The third kappa shape index (κ3) is 3.98. The van der Waals surface area contributed by atoms with Crippen molar-refractivity contribution in [3.63, 3.8) is 0 Å². The van der Waals surface area contributed by atoms with E-state index >= 15 is 0 Å². The van der Waals surface area contributed by atoms with Crippen LogP contribution in [0.5, 0.6) is 0 Å². The molecule has 5 nitrogen and oxygen atoms in total. The number of carboxylic acids is 1. The van der Waals surface area contributed by atoms with E-state index in [0.717, 1.165) is 16.9 Å². The van der Waals surface area contributed by atoms with E-state index in [9.17, 15) is 14.7 Å². The molecule has 6 heteroatoms. The summed E-state index contributed by atoms with van der Waals surface area (Å²) in [6.07, 6.45) is 0.375. The first-order chi connectivity index (χ1) is 10.1. The van der Waals surface area contributed by atoms with Crippen molar-refractivity contribution in [2.75, 3.05) is 25.2 Å². The van der Waals surface area contributed by atoms with E-state index in [-0.39, 0.29) is 11.7 Å². The summed E-state index contributed by atoms with van der Waals surface area (Å²) in [5.74, 6) is -0.0579. The standard InChI is InChI=1S/C15H19NO4S/c1-20-6-7-21-10-14(17)16-9-12-5-3-2-4-11(12)8-13(16)15(18)19/h2-5,13H,6-10H2,1H3,(H,18,19). The summed E-state index contributed by atoms with van der Waals surface area (Å²) in [5.41, 5.74) is 2.05. The van der Waals surface area contributed by atoms with Crippen LogP contribution in [0.2, 0.25) is 0 Å². The van der Waals surface area contributed by atoms with Crippen LogP contribution in [0.1, 0.15) is 11.1 Å². The Hall–Kier alpha value is -1.53.